The van der Waals surface area contributed by atoms with E-state index in [0.29, 0.717) is 18.9 Å². The minimum absolute atomic E-state index is 0.102. The summed E-state index contributed by atoms with van der Waals surface area (Å²) in [6.45, 7) is 0.922. The molecule has 1 fully saturated rings. The summed E-state index contributed by atoms with van der Waals surface area (Å²) in [5.41, 5.74) is 5.50. The lowest BCUT2D eigenvalue weighted by molar-refractivity contribution is -0.117. The molecule has 3 aromatic rings. The lowest BCUT2D eigenvalue weighted by atomic mass is 10.0. The van der Waals surface area contributed by atoms with Gasteiger partial charge in [0.1, 0.15) is 5.82 Å². The maximum Gasteiger partial charge on any atom is 0.239 e. The third-order valence-corrected chi connectivity index (χ3v) is 7.79. The van der Waals surface area contributed by atoms with Gasteiger partial charge in [0.15, 0.2) is 9.84 Å². The number of hydrogen-bond acceptors (Lipinski definition) is 5. The molecule has 1 N–H and O–H groups in total. The fraction of sp³-hybridized carbons (Fsp3) is 0.333. The van der Waals surface area contributed by atoms with Crippen LogP contribution in [0.15, 0.2) is 54.6 Å². The number of carbonyl (C=O) groups is 1. The molecule has 2 heterocycles. The van der Waals surface area contributed by atoms with E-state index in [9.17, 15) is 13.2 Å². The number of anilines is 1. The molecule has 0 atom stereocenters. The number of amides is 1. The number of benzene rings is 2. The maximum atomic E-state index is 12.8. The minimum Gasteiger partial charge on any atom is -0.309 e. The molecule has 0 radical (unpaired) electrons. The second kappa shape index (κ2) is 8.52. The summed E-state index contributed by atoms with van der Waals surface area (Å²) in [5, 5.41) is 7.79. The smallest absolute Gasteiger partial charge is 0.239 e. The van der Waals surface area contributed by atoms with Crippen molar-refractivity contribution in [3.8, 4) is 16.9 Å². The topological polar surface area (TPSA) is 84.3 Å². The Morgan fingerprint density at radius 2 is 1.72 bits per heavy atom. The highest BCUT2D eigenvalue weighted by atomic mass is 32.2. The largest absolute Gasteiger partial charge is 0.309 e. The van der Waals surface area contributed by atoms with Gasteiger partial charge in [0.25, 0.3) is 0 Å². The van der Waals surface area contributed by atoms with Crippen LogP contribution in [-0.4, -0.2) is 60.1 Å². The molecule has 0 unspecified atom stereocenters. The fourth-order valence-corrected chi connectivity index (χ4v) is 5.68. The second-order valence-electron chi connectivity index (χ2n) is 8.48. The van der Waals surface area contributed by atoms with E-state index in [-0.39, 0.29) is 24.0 Å². The molecule has 0 spiro atoms. The fourth-order valence-electron chi connectivity index (χ4n) is 4.40. The SMILES string of the molecule is O=C(CN1CCS(=O)(=O)CC1)Nc1cc(-c2ccc3c(c2)CCC3)nn1-c1ccccc1. The second-order valence-corrected chi connectivity index (χ2v) is 10.8. The number of para-hydroxylation sites is 1. The van der Waals surface area contributed by atoms with Crippen molar-refractivity contribution in [1.29, 1.82) is 0 Å². The zero-order valence-electron chi connectivity index (χ0n) is 17.8. The number of aromatic nitrogens is 2. The third kappa shape index (κ3) is 4.47. The average Bonchev–Trinajstić information content (AvgIpc) is 3.42. The number of rotatable bonds is 5. The predicted molar refractivity (Wildman–Crippen MR) is 125 cm³/mol. The van der Waals surface area contributed by atoms with Gasteiger partial charge in [0.2, 0.25) is 5.91 Å². The van der Waals surface area contributed by atoms with Crippen LogP contribution in [0.1, 0.15) is 17.5 Å². The van der Waals surface area contributed by atoms with E-state index in [1.54, 1.807) is 4.68 Å². The number of nitrogens with one attached hydrogen (secondary N) is 1. The van der Waals surface area contributed by atoms with Gasteiger partial charge < -0.3 is 5.32 Å². The Hall–Kier alpha value is -2.97. The lowest BCUT2D eigenvalue weighted by Gasteiger charge is -2.25. The highest BCUT2D eigenvalue weighted by molar-refractivity contribution is 7.91. The molecule has 1 amide bonds. The molecule has 1 aromatic heterocycles. The summed E-state index contributed by atoms with van der Waals surface area (Å²) in [5.74, 6) is 0.623. The molecule has 7 nitrogen and oxygen atoms in total. The van der Waals surface area contributed by atoms with Gasteiger partial charge in [-0.3, -0.25) is 9.69 Å². The summed E-state index contributed by atoms with van der Waals surface area (Å²) in [4.78, 5) is 14.7. The first kappa shape index (κ1) is 20.9. The van der Waals surface area contributed by atoms with Crippen molar-refractivity contribution in [3.63, 3.8) is 0 Å². The Labute approximate surface area is 188 Å². The number of sulfone groups is 1. The molecule has 2 aliphatic rings. The Morgan fingerprint density at radius 1 is 0.969 bits per heavy atom. The number of carbonyl (C=O) groups excluding carboxylic acids is 1. The molecule has 8 heteroatoms. The first-order chi connectivity index (χ1) is 15.5. The summed E-state index contributed by atoms with van der Waals surface area (Å²) < 4.78 is 25.0. The first-order valence-electron chi connectivity index (χ1n) is 11.0. The van der Waals surface area contributed by atoms with Gasteiger partial charge in [-0.25, -0.2) is 13.1 Å². The van der Waals surface area contributed by atoms with E-state index in [1.165, 1.54) is 17.5 Å². The van der Waals surface area contributed by atoms with E-state index in [1.807, 2.05) is 41.3 Å². The predicted octanol–water partition coefficient (Wildman–Crippen LogP) is 2.70. The van der Waals surface area contributed by atoms with Crippen LogP contribution in [-0.2, 0) is 27.5 Å². The number of nitrogens with zero attached hydrogens (tertiary/aromatic N) is 3. The Morgan fingerprint density at radius 3 is 2.50 bits per heavy atom. The molecule has 5 rings (SSSR count). The lowest BCUT2D eigenvalue weighted by Crippen LogP contribution is -2.44. The molecular weight excluding hydrogens is 424 g/mol. The standard InChI is InChI=1S/C24H26N4O3S/c29-24(17-27-11-13-32(30,31)14-12-27)25-23-16-22(26-28(23)21-7-2-1-3-8-21)20-10-9-18-5-4-6-19(18)15-20/h1-3,7-10,15-16H,4-6,11-14,17H2,(H,25,29). The summed E-state index contributed by atoms with van der Waals surface area (Å²) in [7, 11) is -2.97. The first-order valence-corrected chi connectivity index (χ1v) is 12.8. The van der Waals surface area contributed by atoms with E-state index in [0.717, 1.165) is 29.8 Å². The highest BCUT2D eigenvalue weighted by Gasteiger charge is 2.24. The molecule has 166 valence electrons. The molecule has 1 saturated heterocycles. The molecular formula is C24H26N4O3S. The summed E-state index contributed by atoms with van der Waals surface area (Å²) in [6, 6.07) is 18.1. The number of fused-ring (bicyclic) bond motifs is 1. The zero-order chi connectivity index (χ0) is 22.1. The Bertz CT molecular complexity index is 1240. The van der Waals surface area contributed by atoms with Gasteiger partial charge in [-0.05, 0) is 48.6 Å². The van der Waals surface area contributed by atoms with Crippen molar-refractivity contribution in [2.24, 2.45) is 0 Å². The van der Waals surface area contributed by atoms with Crippen LogP contribution in [0, 0.1) is 0 Å². The Balaban J connectivity index is 1.40. The van der Waals surface area contributed by atoms with Crippen molar-refractivity contribution >= 4 is 21.6 Å². The van der Waals surface area contributed by atoms with Crippen molar-refractivity contribution < 1.29 is 13.2 Å². The van der Waals surface area contributed by atoms with Crippen molar-refractivity contribution in [1.82, 2.24) is 14.7 Å². The molecule has 2 aromatic carbocycles. The number of aryl methyl sites for hydroxylation is 2. The maximum absolute atomic E-state index is 12.8. The van der Waals surface area contributed by atoms with Gasteiger partial charge in [-0.2, -0.15) is 5.10 Å². The van der Waals surface area contributed by atoms with E-state index in [2.05, 4.69) is 23.5 Å². The number of hydrogen-bond donors (Lipinski definition) is 1. The van der Waals surface area contributed by atoms with Crippen molar-refractivity contribution in [2.75, 3.05) is 36.5 Å². The average molecular weight is 451 g/mol. The van der Waals surface area contributed by atoms with E-state index in [4.69, 9.17) is 5.10 Å². The van der Waals surface area contributed by atoms with Crippen LogP contribution in [0.5, 0.6) is 0 Å². The van der Waals surface area contributed by atoms with Crippen LogP contribution in [0.3, 0.4) is 0 Å². The van der Waals surface area contributed by atoms with Crippen LogP contribution in [0.2, 0.25) is 0 Å². The van der Waals surface area contributed by atoms with Crippen molar-refractivity contribution in [2.45, 2.75) is 19.3 Å². The van der Waals surface area contributed by atoms with Gasteiger partial charge >= 0.3 is 0 Å². The molecule has 0 bridgehead atoms. The van der Waals surface area contributed by atoms with Gasteiger partial charge in [-0.15, -0.1) is 0 Å². The molecule has 1 aliphatic carbocycles. The highest BCUT2D eigenvalue weighted by Crippen LogP contribution is 2.30. The van der Waals surface area contributed by atoms with E-state index >= 15 is 0 Å². The van der Waals surface area contributed by atoms with E-state index < -0.39 is 9.84 Å². The van der Waals surface area contributed by atoms with Crippen LogP contribution >= 0.6 is 0 Å². The molecule has 0 saturated carbocycles. The summed E-state index contributed by atoms with van der Waals surface area (Å²) in [6.07, 6.45) is 3.42. The van der Waals surface area contributed by atoms with Gasteiger partial charge in [0.05, 0.1) is 29.4 Å². The van der Waals surface area contributed by atoms with Gasteiger partial charge in [-0.1, -0.05) is 30.3 Å². The van der Waals surface area contributed by atoms with Crippen LogP contribution in [0.4, 0.5) is 5.82 Å². The normalized spacial score (nSPS) is 17.8. The quantitative estimate of drug-likeness (QED) is 0.646. The summed E-state index contributed by atoms with van der Waals surface area (Å²) >= 11 is 0. The molecule has 32 heavy (non-hydrogen) atoms. The van der Waals surface area contributed by atoms with Crippen molar-refractivity contribution in [3.05, 3.63) is 65.7 Å². The third-order valence-electron chi connectivity index (χ3n) is 6.18. The minimum atomic E-state index is -2.97. The molecule has 1 aliphatic heterocycles. The van der Waals surface area contributed by atoms with Crippen LogP contribution in [0.25, 0.3) is 16.9 Å². The Kier molecular flexibility index (Phi) is 5.57. The van der Waals surface area contributed by atoms with Crippen LogP contribution < -0.4 is 5.32 Å². The zero-order valence-corrected chi connectivity index (χ0v) is 18.6. The van der Waals surface area contributed by atoms with Gasteiger partial charge in [0, 0.05) is 24.7 Å². The monoisotopic (exact) mass is 450 g/mol.